The highest BCUT2D eigenvalue weighted by Crippen LogP contribution is 2.19. The topological polar surface area (TPSA) is 74.8 Å². The van der Waals surface area contributed by atoms with Crippen LogP contribution in [-0.4, -0.2) is 18.6 Å². The van der Waals surface area contributed by atoms with E-state index in [1.54, 1.807) is 13.8 Å². The molecule has 0 radical (unpaired) electrons. The lowest BCUT2D eigenvalue weighted by Crippen LogP contribution is -2.13. The third-order valence-electron chi connectivity index (χ3n) is 2.48. The van der Waals surface area contributed by atoms with Gasteiger partial charge in [-0.15, -0.1) is 0 Å². The zero-order valence-electron chi connectivity index (χ0n) is 9.86. The summed E-state index contributed by atoms with van der Waals surface area (Å²) < 4.78 is 39.5. The van der Waals surface area contributed by atoms with Crippen molar-refractivity contribution in [3.05, 3.63) is 41.5 Å². The Morgan fingerprint density at radius 2 is 2.06 bits per heavy atom. The number of H-pyrrole nitrogens is 1. The molecule has 0 fully saturated rings. The Balaban J connectivity index is 2.34. The highest BCUT2D eigenvalue weighted by atomic mass is 32.2. The van der Waals surface area contributed by atoms with Crippen LogP contribution in [-0.2, 0) is 10.0 Å². The minimum absolute atomic E-state index is 0.0736. The summed E-state index contributed by atoms with van der Waals surface area (Å²) in [6.07, 6.45) is 1.23. The average Bonchev–Trinajstić information content (AvgIpc) is 2.70. The molecule has 0 aliphatic rings. The maximum atomic E-state index is 13.1. The molecule has 0 aliphatic heterocycles. The molecule has 1 heterocycles. The molecule has 5 nitrogen and oxygen atoms in total. The van der Waals surface area contributed by atoms with Crippen LogP contribution in [0.5, 0.6) is 0 Å². The van der Waals surface area contributed by atoms with Crippen LogP contribution >= 0.6 is 0 Å². The van der Waals surface area contributed by atoms with E-state index < -0.39 is 10.0 Å². The van der Waals surface area contributed by atoms with Crippen molar-refractivity contribution in [2.45, 2.75) is 18.7 Å². The van der Waals surface area contributed by atoms with Gasteiger partial charge in [0.25, 0.3) is 10.0 Å². The lowest BCUT2D eigenvalue weighted by molar-refractivity contribution is 0.600. The van der Waals surface area contributed by atoms with Gasteiger partial charge in [-0.2, -0.15) is 5.10 Å². The van der Waals surface area contributed by atoms with Crippen molar-refractivity contribution >= 4 is 15.7 Å². The SMILES string of the molecule is Cc1cc(NS(=O)(=O)c2cn[nH]c2C)ccc1F. The lowest BCUT2D eigenvalue weighted by atomic mass is 10.2. The van der Waals surface area contributed by atoms with Crippen molar-refractivity contribution in [2.75, 3.05) is 4.72 Å². The number of anilines is 1. The monoisotopic (exact) mass is 269 g/mol. The molecule has 2 rings (SSSR count). The first-order valence-corrected chi connectivity index (χ1v) is 6.67. The maximum Gasteiger partial charge on any atom is 0.265 e. The van der Waals surface area contributed by atoms with E-state index in [-0.39, 0.29) is 10.7 Å². The fraction of sp³-hybridized carbons (Fsp3) is 0.182. The zero-order valence-corrected chi connectivity index (χ0v) is 10.7. The highest BCUT2D eigenvalue weighted by molar-refractivity contribution is 7.92. The molecule has 18 heavy (non-hydrogen) atoms. The summed E-state index contributed by atoms with van der Waals surface area (Å²) in [5, 5.41) is 6.21. The second kappa shape index (κ2) is 4.41. The minimum Gasteiger partial charge on any atom is -0.281 e. The Hall–Kier alpha value is -1.89. The van der Waals surface area contributed by atoms with Crippen molar-refractivity contribution in [2.24, 2.45) is 0 Å². The number of halogens is 1. The molecule has 0 atom stereocenters. The summed E-state index contributed by atoms with van der Waals surface area (Å²) in [5.41, 5.74) is 1.13. The molecular weight excluding hydrogens is 257 g/mol. The second-order valence-electron chi connectivity index (χ2n) is 3.93. The smallest absolute Gasteiger partial charge is 0.265 e. The van der Waals surface area contributed by atoms with Crippen LogP contribution in [0.3, 0.4) is 0 Å². The van der Waals surface area contributed by atoms with Crippen LogP contribution in [0.4, 0.5) is 10.1 Å². The van der Waals surface area contributed by atoms with E-state index in [4.69, 9.17) is 0 Å². The van der Waals surface area contributed by atoms with E-state index in [2.05, 4.69) is 14.9 Å². The van der Waals surface area contributed by atoms with Crippen LogP contribution in [0, 0.1) is 19.7 Å². The fourth-order valence-electron chi connectivity index (χ4n) is 1.53. The third kappa shape index (κ3) is 2.35. The van der Waals surface area contributed by atoms with Crippen molar-refractivity contribution < 1.29 is 12.8 Å². The summed E-state index contributed by atoms with van der Waals surface area (Å²) in [6, 6.07) is 4.02. The summed E-state index contributed by atoms with van der Waals surface area (Å²) in [5.74, 6) is -0.377. The van der Waals surface area contributed by atoms with Crippen LogP contribution in [0.15, 0.2) is 29.3 Å². The van der Waals surface area contributed by atoms with Gasteiger partial charge >= 0.3 is 0 Å². The molecule has 2 aromatic rings. The maximum absolute atomic E-state index is 13.1. The molecular formula is C11H12FN3O2S. The van der Waals surface area contributed by atoms with Gasteiger partial charge in [0.2, 0.25) is 0 Å². The third-order valence-corrected chi connectivity index (χ3v) is 3.98. The van der Waals surface area contributed by atoms with E-state index >= 15 is 0 Å². The molecule has 0 saturated heterocycles. The Bertz CT molecular complexity index is 679. The van der Waals surface area contributed by atoms with E-state index in [1.165, 1.54) is 24.4 Å². The summed E-state index contributed by atoms with van der Waals surface area (Å²) in [7, 11) is -3.70. The molecule has 0 unspecified atom stereocenters. The van der Waals surface area contributed by atoms with Crippen molar-refractivity contribution in [1.82, 2.24) is 10.2 Å². The van der Waals surface area contributed by atoms with Crippen LogP contribution in [0.1, 0.15) is 11.3 Å². The van der Waals surface area contributed by atoms with Crippen molar-refractivity contribution in [3.63, 3.8) is 0 Å². The molecule has 0 amide bonds. The number of hydrogen-bond donors (Lipinski definition) is 2. The number of aromatic nitrogens is 2. The van der Waals surface area contributed by atoms with E-state index in [0.29, 0.717) is 16.9 Å². The van der Waals surface area contributed by atoms with Crippen molar-refractivity contribution in [1.29, 1.82) is 0 Å². The van der Waals surface area contributed by atoms with Crippen molar-refractivity contribution in [3.8, 4) is 0 Å². The number of rotatable bonds is 3. The van der Waals surface area contributed by atoms with Gasteiger partial charge in [0.05, 0.1) is 11.9 Å². The van der Waals surface area contributed by atoms with Gasteiger partial charge in [-0.3, -0.25) is 9.82 Å². The number of aryl methyl sites for hydroxylation is 2. The first kappa shape index (κ1) is 12.6. The van der Waals surface area contributed by atoms with Gasteiger partial charge in [0.1, 0.15) is 10.7 Å². The van der Waals surface area contributed by atoms with E-state index in [1.807, 2.05) is 0 Å². The fourth-order valence-corrected chi connectivity index (χ4v) is 2.72. The molecule has 2 N–H and O–H groups in total. The zero-order chi connectivity index (χ0) is 13.3. The number of benzene rings is 1. The summed E-state index contributed by atoms with van der Waals surface area (Å²) in [6.45, 7) is 3.17. The van der Waals surface area contributed by atoms with Crippen LogP contribution in [0.2, 0.25) is 0 Å². The number of hydrogen-bond acceptors (Lipinski definition) is 3. The molecule has 0 aliphatic carbocycles. The van der Waals surface area contributed by atoms with Gasteiger partial charge < -0.3 is 0 Å². The predicted molar refractivity (Wildman–Crippen MR) is 65.3 cm³/mol. The Morgan fingerprint density at radius 1 is 1.33 bits per heavy atom. The molecule has 1 aromatic heterocycles. The van der Waals surface area contributed by atoms with Gasteiger partial charge in [0, 0.05) is 5.69 Å². The summed E-state index contributed by atoms with van der Waals surface area (Å²) >= 11 is 0. The normalized spacial score (nSPS) is 11.5. The molecule has 1 aromatic carbocycles. The van der Waals surface area contributed by atoms with Crippen LogP contribution in [0.25, 0.3) is 0 Å². The average molecular weight is 269 g/mol. The first-order valence-electron chi connectivity index (χ1n) is 5.19. The second-order valence-corrected chi connectivity index (χ2v) is 5.58. The van der Waals surface area contributed by atoms with Gasteiger partial charge in [-0.1, -0.05) is 0 Å². The number of nitrogens with one attached hydrogen (secondary N) is 2. The van der Waals surface area contributed by atoms with Gasteiger partial charge in [-0.25, -0.2) is 12.8 Å². The molecule has 0 saturated carbocycles. The predicted octanol–water partition coefficient (Wildman–Crippen LogP) is 1.97. The standard InChI is InChI=1S/C11H12FN3O2S/c1-7-5-9(3-4-10(7)12)15-18(16,17)11-6-13-14-8(11)2/h3-6,15H,1-2H3,(H,13,14). The van der Waals surface area contributed by atoms with Gasteiger partial charge in [-0.05, 0) is 37.6 Å². The van der Waals surface area contributed by atoms with E-state index in [0.717, 1.165) is 0 Å². The Kier molecular flexibility index (Phi) is 3.08. The quantitative estimate of drug-likeness (QED) is 0.894. The summed E-state index contributed by atoms with van der Waals surface area (Å²) in [4.78, 5) is 0.0736. The van der Waals surface area contributed by atoms with Gasteiger partial charge in [0.15, 0.2) is 0 Å². The largest absolute Gasteiger partial charge is 0.281 e. The number of aromatic amines is 1. The van der Waals surface area contributed by atoms with E-state index in [9.17, 15) is 12.8 Å². The molecule has 7 heteroatoms. The Labute approximate surface area is 104 Å². The number of nitrogens with zero attached hydrogens (tertiary/aromatic N) is 1. The van der Waals surface area contributed by atoms with Crippen LogP contribution < -0.4 is 4.72 Å². The molecule has 0 spiro atoms. The number of sulfonamides is 1. The Morgan fingerprint density at radius 3 is 2.61 bits per heavy atom. The highest BCUT2D eigenvalue weighted by Gasteiger charge is 2.18. The minimum atomic E-state index is -3.70. The first-order chi connectivity index (χ1) is 8.40. The lowest BCUT2D eigenvalue weighted by Gasteiger charge is -2.08. The molecule has 96 valence electrons. The molecule has 0 bridgehead atoms.